The fraction of sp³-hybridized carbons (Fsp3) is 0.323. The molecule has 0 spiro atoms. The van der Waals surface area contributed by atoms with Gasteiger partial charge in [0.15, 0.2) is 11.5 Å². The van der Waals surface area contributed by atoms with E-state index in [-0.39, 0.29) is 20.1 Å². The summed E-state index contributed by atoms with van der Waals surface area (Å²) >= 11 is 0. The Morgan fingerprint density at radius 3 is 2.31 bits per heavy atom. The van der Waals surface area contributed by atoms with E-state index in [0.29, 0.717) is 25.0 Å². The zero-order chi connectivity index (χ0) is 24.6. The van der Waals surface area contributed by atoms with E-state index in [0.717, 1.165) is 50.2 Å². The third kappa shape index (κ3) is 4.45. The molecule has 0 N–H and O–H groups in total. The summed E-state index contributed by atoms with van der Waals surface area (Å²) in [5, 5.41) is 2.22. The fourth-order valence-electron chi connectivity index (χ4n) is 4.90. The summed E-state index contributed by atoms with van der Waals surface area (Å²) in [4.78, 5) is 4.76. The van der Waals surface area contributed by atoms with Gasteiger partial charge in [0.2, 0.25) is 0 Å². The molecule has 0 saturated carbocycles. The second-order valence-corrected chi connectivity index (χ2v) is 9.98. The van der Waals surface area contributed by atoms with Crippen LogP contribution in [0, 0.1) is 17.9 Å². The molecule has 5 rings (SSSR count). The van der Waals surface area contributed by atoms with Crippen LogP contribution >= 0.6 is 0 Å². The van der Waals surface area contributed by atoms with Crippen molar-refractivity contribution < 1.29 is 34.3 Å². The molecular formula is C31H32IrNO3-. The molecule has 1 atom stereocenters. The van der Waals surface area contributed by atoms with E-state index >= 15 is 0 Å². The predicted octanol–water partition coefficient (Wildman–Crippen LogP) is 7.02. The number of fused-ring (bicyclic) bond motifs is 2. The minimum absolute atomic E-state index is 0. The molecule has 36 heavy (non-hydrogen) atoms. The van der Waals surface area contributed by atoms with Crippen LogP contribution in [-0.2, 0) is 30.4 Å². The van der Waals surface area contributed by atoms with Crippen molar-refractivity contribution in [2.75, 3.05) is 20.3 Å². The Morgan fingerprint density at radius 2 is 1.58 bits per heavy atom. The molecule has 4 aromatic rings. The number of aromatic nitrogens is 1. The molecule has 1 aliphatic rings. The maximum Gasteiger partial charge on any atom is 0.161 e. The quantitative estimate of drug-likeness (QED) is 0.191. The molecule has 1 aromatic heterocycles. The summed E-state index contributed by atoms with van der Waals surface area (Å²) in [5.74, 6) is 2.30. The molecule has 5 heteroatoms. The van der Waals surface area contributed by atoms with Gasteiger partial charge in [0, 0.05) is 33.4 Å². The molecule has 0 saturated heterocycles. The van der Waals surface area contributed by atoms with Crippen molar-refractivity contribution in [2.45, 2.75) is 33.3 Å². The standard InChI is InChI=1S/C31H32NO3.Ir/c1-20(2)18-34-27-14-13-23(17-28(27)35-19-21(3)4)31(33-5)25-11-7-6-10-24(25)30-29-22(15-16-32-30)9-8-12-26(29)31;/h6-9,11-17,20-21H,18-19H2,1-5H3;/q-1;. The summed E-state index contributed by atoms with van der Waals surface area (Å²) in [7, 11) is 1.77. The van der Waals surface area contributed by atoms with E-state index in [1.807, 2.05) is 24.4 Å². The smallest absolute Gasteiger partial charge is 0.161 e. The Morgan fingerprint density at radius 1 is 0.861 bits per heavy atom. The molecule has 1 radical (unpaired) electrons. The van der Waals surface area contributed by atoms with Gasteiger partial charge < -0.3 is 19.2 Å². The van der Waals surface area contributed by atoms with Gasteiger partial charge in [-0.25, -0.2) is 0 Å². The third-order valence-electron chi connectivity index (χ3n) is 6.44. The zero-order valence-electron chi connectivity index (χ0n) is 21.4. The van der Waals surface area contributed by atoms with Crippen LogP contribution in [0.1, 0.15) is 44.4 Å². The van der Waals surface area contributed by atoms with E-state index < -0.39 is 5.60 Å². The van der Waals surface area contributed by atoms with Gasteiger partial charge in [0.05, 0.1) is 13.2 Å². The zero-order valence-corrected chi connectivity index (χ0v) is 23.8. The van der Waals surface area contributed by atoms with Gasteiger partial charge in [0.1, 0.15) is 5.60 Å². The number of methoxy groups -OCH3 is 1. The van der Waals surface area contributed by atoms with Crippen LogP contribution in [0.3, 0.4) is 0 Å². The minimum atomic E-state index is -0.838. The fourth-order valence-corrected chi connectivity index (χ4v) is 4.90. The molecule has 189 valence electrons. The number of ether oxygens (including phenoxy) is 3. The maximum absolute atomic E-state index is 6.51. The Bertz CT molecular complexity index is 1360. The van der Waals surface area contributed by atoms with Crippen molar-refractivity contribution in [3.8, 4) is 22.8 Å². The van der Waals surface area contributed by atoms with Crippen LogP contribution in [0.5, 0.6) is 11.5 Å². The van der Waals surface area contributed by atoms with Crippen LogP contribution in [0.15, 0.2) is 66.9 Å². The largest absolute Gasteiger partial charge is 0.489 e. The maximum atomic E-state index is 6.51. The monoisotopic (exact) mass is 659 g/mol. The summed E-state index contributed by atoms with van der Waals surface area (Å²) in [6.07, 6.45) is 1.87. The van der Waals surface area contributed by atoms with Gasteiger partial charge >= 0.3 is 0 Å². The first-order valence-electron chi connectivity index (χ1n) is 12.3. The first kappa shape index (κ1) is 26.3. The van der Waals surface area contributed by atoms with Crippen LogP contribution in [0.2, 0.25) is 0 Å². The van der Waals surface area contributed by atoms with E-state index in [4.69, 9.17) is 19.2 Å². The molecular weight excluding hydrogens is 627 g/mol. The molecule has 4 nitrogen and oxygen atoms in total. The van der Waals surface area contributed by atoms with Gasteiger partial charge in [0.25, 0.3) is 0 Å². The molecule has 1 unspecified atom stereocenters. The van der Waals surface area contributed by atoms with E-state index in [9.17, 15) is 0 Å². The number of nitrogens with zero attached hydrogens (tertiary/aromatic N) is 1. The number of benzene rings is 3. The van der Waals surface area contributed by atoms with Gasteiger partial charge in [-0.3, -0.25) is 0 Å². The first-order chi connectivity index (χ1) is 17.0. The van der Waals surface area contributed by atoms with Gasteiger partial charge in [-0.2, -0.15) is 0 Å². The summed E-state index contributed by atoms with van der Waals surface area (Å²) < 4.78 is 18.9. The van der Waals surface area contributed by atoms with E-state index in [1.165, 1.54) is 0 Å². The summed E-state index contributed by atoms with van der Waals surface area (Å²) in [6.45, 7) is 9.81. The Balaban J connectivity index is 0.00000304. The van der Waals surface area contributed by atoms with Crippen molar-refractivity contribution in [3.63, 3.8) is 0 Å². The van der Waals surface area contributed by atoms with Crippen molar-refractivity contribution in [1.82, 2.24) is 4.98 Å². The van der Waals surface area contributed by atoms with Crippen LogP contribution < -0.4 is 9.47 Å². The first-order valence-corrected chi connectivity index (χ1v) is 12.3. The van der Waals surface area contributed by atoms with E-state index in [1.54, 1.807) is 7.11 Å². The number of rotatable bonds is 8. The molecule has 0 fully saturated rings. The van der Waals surface area contributed by atoms with E-state index in [2.05, 4.69) is 76.2 Å². The Kier molecular flexibility index (Phi) is 7.84. The van der Waals surface area contributed by atoms with Crippen LogP contribution in [0.25, 0.3) is 22.0 Å². The van der Waals surface area contributed by atoms with Crippen LogP contribution in [0.4, 0.5) is 0 Å². The second-order valence-electron chi connectivity index (χ2n) is 9.98. The second kappa shape index (κ2) is 10.7. The number of hydrogen-bond donors (Lipinski definition) is 0. The normalized spacial score (nSPS) is 16.1. The van der Waals surface area contributed by atoms with Crippen molar-refractivity contribution in [1.29, 1.82) is 0 Å². The average Bonchev–Trinajstić information content (AvgIpc) is 2.87. The summed E-state index contributed by atoms with van der Waals surface area (Å²) in [6, 6.07) is 24.1. The molecule has 1 heterocycles. The molecule has 0 aliphatic heterocycles. The number of hydrogen-bond acceptors (Lipinski definition) is 4. The van der Waals surface area contributed by atoms with Crippen molar-refractivity contribution >= 4 is 10.8 Å². The average molecular weight is 659 g/mol. The topological polar surface area (TPSA) is 40.6 Å². The molecule has 1 aliphatic carbocycles. The number of pyridine rings is 1. The summed E-state index contributed by atoms with van der Waals surface area (Å²) in [5.41, 5.74) is 4.14. The Hall–Kier alpha value is -2.72. The molecule has 0 bridgehead atoms. The van der Waals surface area contributed by atoms with Gasteiger partial charge in [-0.05, 0) is 57.6 Å². The SMILES string of the molecule is COC1(c2ccc(OCC(C)C)c(OCC(C)C)c2)c2ccc[c-]c2-c2nccc3cccc1c23.[Ir]. The molecule has 3 aromatic carbocycles. The predicted molar refractivity (Wildman–Crippen MR) is 140 cm³/mol. The van der Waals surface area contributed by atoms with Gasteiger partial charge in [-0.1, -0.05) is 57.5 Å². The van der Waals surface area contributed by atoms with Crippen molar-refractivity contribution in [2.24, 2.45) is 11.8 Å². The van der Waals surface area contributed by atoms with Crippen LogP contribution in [-0.4, -0.2) is 25.3 Å². The van der Waals surface area contributed by atoms with Gasteiger partial charge in [-0.15, -0.1) is 29.8 Å². The Labute approximate surface area is 227 Å². The molecule has 0 amide bonds. The van der Waals surface area contributed by atoms with Crippen molar-refractivity contribution in [3.05, 3.63) is 89.6 Å². The minimum Gasteiger partial charge on any atom is -0.489 e. The third-order valence-corrected chi connectivity index (χ3v) is 6.44.